The normalized spacial score (nSPS) is 10.7. The van der Waals surface area contributed by atoms with E-state index in [9.17, 15) is 9.59 Å². The van der Waals surface area contributed by atoms with Crippen LogP contribution in [0.15, 0.2) is 35.1 Å². The number of esters is 1. The maximum atomic E-state index is 12.3. The Morgan fingerprint density at radius 1 is 1.29 bits per heavy atom. The van der Waals surface area contributed by atoms with Crippen molar-refractivity contribution >= 4 is 11.9 Å². The first-order chi connectivity index (χ1) is 11.5. The summed E-state index contributed by atoms with van der Waals surface area (Å²) in [5, 5.41) is 2.74. The highest BCUT2D eigenvalue weighted by Gasteiger charge is 2.24. The van der Waals surface area contributed by atoms with E-state index in [-0.39, 0.29) is 23.5 Å². The van der Waals surface area contributed by atoms with Crippen molar-refractivity contribution in [1.82, 2.24) is 10.3 Å². The van der Waals surface area contributed by atoms with Crippen LogP contribution in [0.4, 0.5) is 0 Å². The van der Waals surface area contributed by atoms with Crippen LogP contribution in [0.2, 0.25) is 0 Å². The van der Waals surface area contributed by atoms with Crippen LogP contribution in [0.3, 0.4) is 0 Å². The largest absolute Gasteiger partial charge is 0.458 e. The van der Waals surface area contributed by atoms with Gasteiger partial charge in [-0.05, 0) is 19.9 Å². The summed E-state index contributed by atoms with van der Waals surface area (Å²) < 4.78 is 15.4. The number of nitrogens with zero attached hydrogens (tertiary/aromatic N) is 1. The van der Waals surface area contributed by atoms with Gasteiger partial charge in [0.05, 0.1) is 18.3 Å². The van der Waals surface area contributed by atoms with Crippen molar-refractivity contribution in [2.24, 2.45) is 0 Å². The second kappa shape index (κ2) is 8.26. The number of rotatable bonds is 7. The Hall–Kier alpha value is -2.67. The van der Waals surface area contributed by atoms with E-state index in [1.165, 1.54) is 0 Å². The molecular formula is C17H20N2O5. The zero-order valence-corrected chi connectivity index (χ0v) is 13.9. The molecule has 0 unspecified atom stereocenters. The molecular weight excluding hydrogens is 312 g/mol. The minimum atomic E-state index is -0.594. The lowest BCUT2D eigenvalue weighted by atomic mass is 10.0. The number of amides is 1. The molecule has 1 aromatic heterocycles. The van der Waals surface area contributed by atoms with Crippen molar-refractivity contribution in [1.29, 1.82) is 0 Å². The summed E-state index contributed by atoms with van der Waals surface area (Å²) >= 11 is 0. The van der Waals surface area contributed by atoms with Crippen LogP contribution >= 0.6 is 0 Å². The Bertz CT molecular complexity index is 709. The second-order valence-electron chi connectivity index (χ2n) is 5.28. The van der Waals surface area contributed by atoms with Gasteiger partial charge in [0.25, 0.3) is 5.91 Å². The number of hydrogen-bond donors (Lipinski definition) is 1. The third kappa shape index (κ3) is 4.20. The van der Waals surface area contributed by atoms with E-state index in [0.717, 1.165) is 6.39 Å². The average molecular weight is 332 g/mol. The third-order valence-corrected chi connectivity index (χ3v) is 3.11. The van der Waals surface area contributed by atoms with E-state index in [1.807, 2.05) is 0 Å². The van der Waals surface area contributed by atoms with Gasteiger partial charge in [0.2, 0.25) is 0 Å². The summed E-state index contributed by atoms with van der Waals surface area (Å²) in [5.74, 6) is -0.677. The number of oxazole rings is 1. The number of methoxy groups -OCH3 is 1. The van der Waals surface area contributed by atoms with E-state index in [2.05, 4.69) is 10.3 Å². The van der Waals surface area contributed by atoms with Gasteiger partial charge in [-0.15, -0.1) is 0 Å². The molecule has 0 aliphatic heterocycles. The van der Waals surface area contributed by atoms with Crippen molar-refractivity contribution < 1.29 is 23.5 Å². The molecule has 7 nitrogen and oxygen atoms in total. The molecule has 7 heteroatoms. The van der Waals surface area contributed by atoms with E-state index < -0.39 is 5.97 Å². The predicted octanol–water partition coefficient (Wildman–Crippen LogP) is 2.28. The first-order valence-corrected chi connectivity index (χ1v) is 7.55. The molecule has 0 saturated carbocycles. The Kier molecular flexibility index (Phi) is 6.08. The van der Waals surface area contributed by atoms with Crippen LogP contribution in [0, 0.1) is 0 Å². The molecule has 0 aliphatic carbocycles. The molecule has 1 heterocycles. The molecule has 0 saturated heterocycles. The fraction of sp³-hybridized carbons (Fsp3) is 0.353. The highest BCUT2D eigenvalue weighted by molar-refractivity contribution is 6.03. The minimum absolute atomic E-state index is 0.0424. The summed E-state index contributed by atoms with van der Waals surface area (Å²) in [4.78, 5) is 28.4. The molecule has 24 heavy (non-hydrogen) atoms. The van der Waals surface area contributed by atoms with Crippen molar-refractivity contribution in [2.75, 3.05) is 20.3 Å². The third-order valence-electron chi connectivity index (χ3n) is 3.11. The lowest BCUT2D eigenvalue weighted by Crippen LogP contribution is -2.27. The fourth-order valence-electron chi connectivity index (χ4n) is 2.09. The summed E-state index contributed by atoms with van der Waals surface area (Å²) in [7, 11) is 1.56. The van der Waals surface area contributed by atoms with Gasteiger partial charge in [0.15, 0.2) is 17.8 Å². The van der Waals surface area contributed by atoms with Gasteiger partial charge in [-0.1, -0.05) is 18.2 Å². The Morgan fingerprint density at radius 3 is 2.75 bits per heavy atom. The number of hydrogen-bond acceptors (Lipinski definition) is 6. The smallest absolute Gasteiger partial charge is 0.361 e. The van der Waals surface area contributed by atoms with Gasteiger partial charge in [0, 0.05) is 19.2 Å². The van der Waals surface area contributed by atoms with Gasteiger partial charge in [-0.3, -0.25) is 4.79 Å². The quantitative estimate of drug-likeness (QED) is 0.618. The maximum absolute atomic E-state index is 12.3. The highest BCUT2D eigenvalue weighted by Crippen LogP contribution is 2.27. The second-order valence-corrected chi connectivity index (χ2v) is 5.28. The number of benzene rings is 1. The number of carbonyl (C=O) groups is 2. The van der Waals surface area contributed by atoms with Crippen LogP contribution in [0.5, 0.6) is 0 Å². The molecule has 1 amide bonds. The molecule has 0 aliphatic rings. The number of carbonyl (C=O) groups excluding carboxylic acids is 2. The lowest BCUT2D eigenvalue weighted by molar-refractivity contribution is 0.0372. The standard InChI is InChI=1S/C17H20N2O5/c1-11(2)24-17(21)14-15(23-10-19-14)12-6-4-5-7-13(12)16(20)18-8-9-22-3/h4-7,10-11H,8-9H2,1-3H3,(H,18,20). The van der Waals surface area contributed by atoms with Crippen molar-refractivity contribution in [3.8, 4) is 11.3 Å². The summed E-state index contributed by atoms with van der Waals surface area (Å²) in [6.07, 6.45) is 0.876. The topological polar surface area (TPSA) is 90.7 Å². The summed E-state index contributed by atoms with van der Waals surface area (Å²) in [6, 6.07) is 6.83. The van der Waals surface area contributed by atoms with Gasteiger partial charge < -0.3 is 19.2 Å². The van der Waals surface area contributed by atoms with Crippen LogP contribution in [-0.2, 0) is 9.47 Å². The van der Waals surface area contributed by atoms with Gasteiger partial charge in [0.1, 0.15) is 0 Å². The van der Waals surface area contributed by atoms with E-state index in [1.54, 1.807) is 45.2 Å². The number of aromatic nitrogens is 1. The number of ether oxygens (including phenoxy) is 2. The summed E-state index contributed by atoms with van der Waals surface area (Å²) in [6.45, 7) is 4.27. The van der Waals surface area contributed by atoms with Gasteiger partial charge >= 0.3 is 5.97 Å². The Balaban J connectivity index is 2.32. The Morgan fingerprint density at radius 2 is 2.04 bits per heavy atom. The number of nitrogens with one attached hydrogen (secondary N) is 1. The molecule has 0 bridgehead atoms. The van der Waals surface area contributed by atoms with E-state index in [0.29, 0.717) is 24.3 Å². The molecule has 2 rings (SSSR count). The first-order valence-electron chi connectivity index (χ1n) is 7.55. The van der Waals surface area contributed by atoms with E-state index >= 15 is 0 Å². The van der Waals surface area contributed by atoms with Gasteiger partial charge in [-0.25, -0.2) is 9.78 Å². The van der Waals surface area contributed by atoms with E-state index in [4.69, 9.17) is 13.9 Å². The molecule has 0 atom stereocenters. The molecule has 0 radical (unpaired) electrons. The van der Waals surface area contributed by atoms with Crippen molar-refractivity contribution in [3.05, 3.63) is 41.9 Å². The fourth-order valence-corrected chi connectivity index (χ4v) is 2.09. The Labute approximate surface area is 140 Å². The van der Waals surface area contributed by atoms with Crippen LogP contribution in [0.25, 0.3) is 11.3 Å². The molecule has 0 fully saturated rings. The minimum Gasteiger partial charge on any atom is -0.458 e. The molecule has 128 valence electrons. The maximum Gasteiger partial charge on any atom is 0.361 e. The first kappa shape index (κ1) is 17.7. The van der Waals surface area contributed by atoms with Gasteiger partial charge in [-0.2, -0.15) is 0 Å². The molecule has 2 aromatic rings. The zero-order valence-electron chi connectivity index (χ0n) is 13.9. The highest BCUT2D eigenvalue weighted by atomic mass is 16.5. The SMILES string of the molecule is COCCNC(=O)c1ccccc1-c1ocnc1C(=O)OC(C)C. The van der Waals surface area contributed by atoms with Crippen LogP contribution < -0.4 is 5.32 Å². The van der Waals surface area contributed by atoms with Crippen molar-refractivity contribution in [3.63, 3.8) is 0 Å². The lowest BCUT2D eigenvalue weighted by Gasteiger charge is -2.10. The molecule has 1 aromatic carbocycles. The molecule has 1 N–H and O–H groups in total. The molecule has 0 spiro atoms. The predicted molar refractivity (Wildman–Crippen MR) is 86.7 cm³/mol. The van der Waals surface area contributed by atoms with Crippen LogP contribution in [-0.4, -0.2) is 43.2 Å². The van der Waals surface area contributed by atoms with Crippen LogP contribution in [0.1, 0.15) is 34.7 Å². The monoisotopic (exact) mass is 332 g/mol. The summed E-state index contributed by atoms with van der Waals surface area (Å²) in [5.41, 5.74) is 0.894. The zero-order chi connectivity index (χ0) is 17.5. The average Bonchev–Trinajstić information content (AvgIpc) is 3.04. The van der Waals surface area contributed by atoms with Crippen molar-refractivity contribution in [2.45, 2.75) is 20.0 Å².